The minimum Gasteiger partial charge on any atom is -0.358 e. The molecule has 1 fully saturated rings. The maximum absolute atomic E-state index is 13.0. The Balaban J connectivity index is 1.73. The number of carbonyl (C=O) groups excluding carboxylic acids is 2. The van der Waals surface area contributed by atoms with Gasteiger partial charge in [0.2, 0.25) is 5.91 Å². The third kappa shape index (κ3) is 3.65. The van der Waals surface area contributed by atoms with Gasteiger partial charge in [-0.05, 0) is 32.0 Å². The molecule has 0 saturated carbocycles. The third-order valence-electron chi connectivity index (χ3n) is 4.98. The summed E-state index contributed by atoms with van der Waals surface area (Å²) in [4.78, 5) is 28.5. The molecule has 1 aliphatic heterocycles. The quantitative estimate of drug-likeness (QED) is 0.907. The molecule has 1 aromatic carbocycles. The number of aryl methyl sites for hydroxylation is 1. The largest absolute Gasteiger partial charge is 0.358 e. The second kappa shape index (κ2) is 7.74. The molecule has 26 heavy (non-hydrogen) atoms. The predicted molar refractivity (Wildman–Crippen MR) is 102 cm³/mol. The van der Waals surface area contributed by atoms with Crippen molar-refractivity contribution in [2.24, 2.45) is 0 Å². The molecule has 0 bridgehead atoms. The van der Waals surface area contributed by atoms with E-state index in [-0.39, 0.29) is 11.8 Å². The Morgan fingerprint density at radius 1 is 1.04 bits per heavy atom. The fourth-order valence-electron chi connectivity index (χ4n) is 3.52. The lowest BCUT2D eigenvalue weighted by atomic mass is 10.2. The average Bonchev–Trinajstić information content (AvgIpc) is 2.96. The number of carbonyl (C=O) groups is 2. The van der Waals surface area contributed by atoms with Crippen molar-refractivity contribution in [3.63, 3.8) is 0 Å². The van der Waals surface area contributed by atoms with Crippen molar-refractivity contribution in [3.05, 3.63) is 53.3 Å². The zero-order chi connectivity index (χ0) is 18.7. The molecule has 3 rings (SSSR count). The molecule has 6 nitrogen and oxygen atoms in total. The van der Waals surface area contributed by atoms with E-state index in [1.54, 1.807) is 7.05 Å². The van der Waals surface area contributed by atoms with Gasteiger partial charge in [-0.1, -0.05) is 18.2 Å². The van der Waals surface area contributed by atoms with Gasteiger partial charge in [0.25, 0.3) is 5.91 Å². The van der Waals surface area contributed by atoms with E-state index in [1.165, 1.54) is 0 Å². The van der Waals surface area contributed by atoms with E-state index in [4.69, 9.17) is 0 Å². The second-order valence-corrected chi connectivity index (χ2v) is 6.70. The topological polar surface area (TPSA) is 57.6 Å². The van der Waals surface area contributed by atoms with Crippen LogP contribution in [0.5, 0.6) is 0 Å². The number of piperazine rings is 1. The minimum atomic E-state index is 0.0104. The number of rotatable bonds is 4. The van der Waals surface area contributed by atoms with Gasteiger partial charge < -0.3 is 14.8 Å². The first kappa shape index (κ1) is 18.2. The summed E-state index contributed by atoms with van der Waals surface area (Å²) in [6.07, 6.45) is 0. The van der Waals surface area contributed by atoms with Crippen molar-refractivity contribution in [3.8, 4) is 5.69 Å². The Hall–Kier alpha value is -2.60. The van der Waals surface area contributed by atoms with Gasteiger partial charge in [-0.3, -0.25) is 14.5 Å². The summed E-state index contributed by atoms with van der Waals surface area (Å²) >= 11 is 0. The summed E-state index contributed by atoms with van der Waals surface area (Å²) in [5.41, 5.74) is 3.84. The van der Waals surface area contributed by atoms with E-state index in [0.717, 1.165) is 35.7 Å². The molecule has 1 N–H and O–H groups in total. The minimum absolute atomic E-state index is 0.0104. The average molecular weight is 354 g/mol. The van der Waals surface area contributed by atoms with E-state index in [2.05, 4.69) is 14.8 Å². The molecule has 2 heterocycles. The lowest BCUT2D eigenvalue weighted by molar-refractivity contribution is -0.122. The summed E-state index contributed by atoms with van der Waals surface area (Å²) in [7, 11) is 1.64. The SMILES string of the molecule is CNC(=O)CN1CCN(C(=O)c2cc(C)n(-c3ccccc3)c2C)CC1. The van der Waals surface area contributed by atoms with Gasteiger partial charge in [-0.25, -0.2) is 0 Å². The molecule has 1 aromatic heterocycles. The first-order valence-corrected chi connectivity index (χ1v) is 8.98. The van der Waals surface area contributed by atoms with Crippen molar-refractivity contribution in [2.45, 2.75) is 13.8 Å². The van der Waals surface area contributed by atoms with Crippen molar-refractivity contribution in [1.29, 1.82) is 0 Å². The third-order valence-corrected chi connectivity index (χ3v) is 4.98. The molecule has 0 aliphatic carbocycles. The lowest BCUT2D eigenvalue weighted by Crippen LogP contribution is -2.50. The fourth-order valence-corrected chi connectivity index (χ4v) is 3.52. The number of likely N-dealkylation sites (N-methyl/N-ethyl adjacent to an activating group) is 1. The van der Waals surface area contributed by atoms with Crippen molar-refractivity contribution < 1.29 is 9.59 Å². The van der Waals surface area contributed by atoms with Crippen LogP contribution < -0.4 is 5.32 Å². The molecular weight excluding hydrogens is 328 g/mol. The summed E-state index contributed by atoms with van der Waals surface area (Å²) in [6.45, 7) is 7.14. The molecular formula is C20H26N4O2. The molecule has 2 amide bonds. The summed E-state index contributed by atoms with van der Waals surface area (Å²) < 4.78 is 2.12. The molecule has 0 radical (unpaired) electrons. The van der Waals surface area contributed by atoms with Crippen LogP contribution in [0.25, 0.3) is 5.69 Å². The van der Waals surface area contributed by atoms with E-state index in [1.807, 2.05) is 55.1 Å². The Bertz CT molecular complexity index is 790. The standard InChI is InChI=1S/C20H26N4O2/c1-15-13-18(16(2)24(15)17-7-5-4-6-8-17)20(26)23-11-9-22(10-12-23)14-19(25)21-3/h4-8,13H,9-12,14H2,1-3H3,(H,21,25). The zero-order valence-electron chi connectivity index (χ0n) is 15.7. The van der Waals surface area contributed by atoms with Crippen LogP contribution in [0.15, 0.2) is 36.4 Å². The normalized spacial score (nSPS) is 15.1. The zero-order valence-corrected chi connectivity index (χ0v) is 15.7. The van der Waals surface area contributed by atoms with Crippen molar-refractivity contribution in [2.75, 3.05) is 39.8 Å². The van der Waals surface area contributed by atoms with Crippen LogP contribution >= 0.6 is 0 Å². The first-order chi connectivity index (χ1) is 12.5. The molecule has 0 atom stereocenters. The van der Waals surface area contributed by atoms with Crippen LogP contribution in [0.1, 0.15) is 21.7 Å². The Morgan fingerprint density at radius 2 is 1.69 bits per heavy atom. The number of nitrogens with zero attached hydrogens (tertiary/aromatic N) is 3. The summed E-state index contributed by atoms with van der Waals surface area (Å²) in [5, 5.41) is 2.64. The number of hydrogen-bond donors (Lipinski definition) is 1. The second-order valence-electron chi connectivity index (χ2n) is 6.70. The smallest absolute Gasteiger partial charge is 0.255 e. The number of aromatic nitrogens is 1. The monoisotopic (exact) mass is 354 g/mol. The maximum atomic E-state index is 13.0. The van der Waals surface area contributed by atoms with Crippen LogP contribution in [0.2, 0.25) is 0 Å². The highest BCUT2D eigenvalue weighted by Gasteiger charge is 2.26. The van der Waals surface area contributed by atoms with Gasteiger partial charge in [0.1, 0.15) is 0 Å². The number of amides is 2. The number of nitrogens with one attached hydrogen (secondary N) is 1. The molecule has 6 heteroatoms. The highest BCUT2D eigenvalue weighted by molar-refractivity contribution is 5.96. The summed E-state index contributed by atoms with van der Waals surface area (Å²) in [5.74, 6) is 0.0797. The summed E-state index contributed by atoms with van der Waals surface area (Å²) in [6, 6.07) is 12.1. The highest BCUT2D eigenvalue weighted by atomic mass is 16.2. The highest BCUT2D eigenvalue weighted by Crippen LogP contribution is 2.22. The number of hydrogen-bond acceptors (Lipinski definition) is 3. The molecule has 138 valence electrons. The predicted octanol–water partition coefficient (Wildman–Crippen LogP) is 1.60. The Morgan fingerprint density at radius 3 is 2.31 bits per heavy atom. The van der Waals surface area contributed by atoms with Crippen molar-refractivity contribution >= 4 is 11.8 Å². The van der Waals surface area contributed by atoms with E-state index in [9.17, 15) is 9.59 Å². The van der Waals surface area contributed by atoms with Crippen LogP contribution in [0.4, 0.5) is 0 Å². The van der Waals surface area contributed by atoms with Crippen LogP contribution in [-0.2, 0) is 4.79 Å². The van der Waals surface area contributed by atoms with Gasteiger partial charge >= 0.3 is 0 Å². The molecule has 0 unspecified atom stereocenters. The lowest BCUT2D eigenvalue weighted by Gasteiger charge is -2.34. The van der Waals surface area contributed by atoms with Gasteiger partial charge in [0.05, 0.1) is 12.1 Å². The van der Waals surface area contributed by atoms with Crippen LogP contribution in [0, 0.1) is 13.8 Å². The Labute approximate surface area is 154 Å². The fraction of sp³-hybridized carbons (Fsp3) is 0.400. The number of benzene rings is 1. The van der Waals surface area contributed by atoms with Gasteiger partial charge in [0, 0.05) is 50.3 Å². The molecule has 1 aliphatic rings. The van der Waals surface area contributed by atoms with E-state index in [0.29, 0.717) is 19.6 Å². The van der Waals surface area contributed by atoms with Crippen LogP contribution in [0.3, 0.4) is 0 Å². The van der Waals surface area contributed by atoms with E-state index >= 15 is 0 Å². The molecule has 0 spiro atoms. The Kier molecular flexibility index (Phi) is 5.42. The first-order valence-electron chi connectivity index (χ1n) is 8.98. The van der Waals surface area contributed by atoms with Crippen LogP contribution in [-0.4, -0.2) is 66.0 Å². The molecule has 2 aromatic rings. The van der Waals surface area contributed by atoms with Gasteiger partial charge in [-0.15, -0.1) is 0 Å². The van der Waals surface area contributed by atoms with E-state index < -0.39 is 0 Å². The van der Waals surface area contributed by atoms with Crippen molar-refractivity contribution in [1.82, 2.24) is 19.7 Å². The van der Waals surface area contributed by atoms with Gasteiger partial charge in [0.15, 0.2) is 0 Å². The molecule has 1 saturated heterocycles. The van der Waals surface area contributed by atoms with Gasteiger partial charge in [-0.2, -0.15) is 0 Å². The maximum Gasteiger partial charge on any atom is 0.255 e. The number of para-hydroxylation sites is 1.